The Morgan fingerprint density at radius 2 is 1.22 bits per heavy atom. The van der Waals surface area contributed by atoms with Crippen LogP contribution in [0.5, 0.6) is 0 Å². The molecular weight excluding hydrogens is 496 g/mol. The van der Waals surface area contributed by atoms with Gasteiger partial charge in [-0.2, -0.15) is 0 Å². The Morgan fingerprint density at radius 3 is 1.71 bits per heavy atom. The summed E-state index contributed by atoms with van der Waals surface area (Å²) in [6, 6.07) is 0. The van der Waals surface area contributed by atoms with Gasteiger partial charge in [0.15, 0.2) is 0 Å². The Balaban J connectivity index is 2.58. The summed E-state index contributed by atoms with van der Waals surface area (Å²) < 4.78 is 0. The molecule has 1 aliphatic carbocycles. The molecular formula is C40H56O. The van der Waals surface area contributed by atoms with Crippen molar-refractivity contribution >= 4 is 0 Å². The van der Waals surface area contributed by atoms with Crippen LogP contribution in [0, 0.1) is 5.41 Å². The molecule has 41 heavy (non-hydrogen) atoms. The van der Waals surface area contributed by atoms with Crippen LogP contribution >= 0.6 is 0 Å². The Bertz CT molecular complexity index is 1210. The van der Waals surface area contributed by atoms with Gasteiger partial charge < -0.3 is 5.11 Å². The van der Waals surface area contributed by atoms with Gasteiger partial charge in [-0.3, -0.25) is 0 Å². The highest BCUT2D eigenvalue weighted by atomic mass is 16.3. The molecule has 1 nitrogen and oxygen atoms in total. The van der Waals surface area contributed by atoms with E-state index in [1.165, 1.54) is 58.3 Å². The lowest BCUT2D eigenvalue weighted by Crippen LogP contribution is -2.19. The average molecular weight is 553 g/mol. The van der Waals surface area contributed by atoms with E-state index in [9.17, 15) is 5.11 Å². The monoisotopic (exact) mass is 552 g/mol. The summed E-state index contributed by atoms with van der Waals surface area (Å²) in [5.74, 6) is 0. The molecule has 1 heteroatoms. The van der Waals surface area contributed by atoms with E-state index in [-0.39, 0.29) is 5.41 Å². The third-order valence-electron chi connectivity index (χ3n) is 7.44. The molecule has 0 fully saturated rings. The van der Waals surface area contributed by atoms with Gasteiger partial charge in [0, 0.05) is 0 Å². The maximum atomic E-state index is 9.86. The highest BCUT2D eigenvalue weighted by molar-refractivity contribution is 5.37. The molecule has 0 aromatic rings. The zero-order valence-electron chi connectivity index (χ0n) is 27.4. The molecule has 0 amide bonds. The molecule has 0 radical (unpaired) electrons. The van der Waals surface area contributed by atoms with Crippen molar-refractivity contribution in [2.75, 3.05) is 0 Å². The first kappa shape index (κ1) is 35.9. The number of rotatable bonds is 14. The molecule has 1 N–H and O–H groups in total. The zero-order valence-corrected chi connectivity index (χ0v) is 27.4. The molecule has 1 rings (SSSR count). The van der Waals surface area contributed by atoms with Crippen LogP contribution in [0.4, 0.5) is 0 Å². The van der Waals surface area contributed by atoms with Crippen molar-refractivity contribution in [3.05, 3.63) is 142 Å². The molecule has 0 aliphatic heterocycles. The van der Waals surface area contributed by atoms with E-state index >= 15 is 0 Å². The summed E-state index contributed by atoms with van der Waals surface area (Å²) in [7, 11) is 0. The molecule has 222 valence electrons. The van der Waals surface area contributed by atoms with Crippen LogP contribution < -0.4 is 0 Å². The largest absolute Gasteiger partial charge is 0.389 e. The molecule has 1 atom stereocenters. The number of aliphatic hydroxyl groups is 1. The zero-order chi connectivity index (χ0) is 30.8. The van der Waals surface area contributed by atoms with Gasteiger partial charge in [-0.05, 0) is 91.6 Å². The Kier molecular flexibility index (Phi) is 16.7. The van der Waals surface area contributed by atoms with E-state index in [1.54, 1.807) is 0 Å². The maximum Gasteiger partial charge on any atom is 0.0747 e. The fourth-order valence-electron chi connectivity index (χ4n) is 4.62. The van der Waals surface area contributed by atoms with Crippen molar-refractivity contribution in [2.45, 2.75) is 101 Å². The first-order valence-corrected chi connectivity index (χ1v) is 15.1. The summed E-state index contributed by atoms with van der Waals surface area (Å²) in [5.41, 5.74) is 10.3. The van der Waals surface area contributed by atoms with Gasteiger partial charge in [0.05, 0.1) is 6.10 Å². The second kappa shape index (κ2) is 19.1. The minimum absolute atomic E-state index is 0.282. The normalized spacial score (nSPS) is 19.2. The maximum absolute atomic E-state index is 9.86. The minimum atomic E-state index is -0.414. The van der Waals surface area contributed by atoms with Crippen LogP contribution in [0.3, 0.4) is 0 Å². The third kappa shape index (κ3) is 16.0. The molecule has 1 aliphatic rings. The Labute approximate surface area is 252 Å². The molecule has 0 saturated carbocycles. The quantitative estimate of drug-likeness (QED) is 0.168. The minimum Gasteiger partial charge on any atom is -0.389 e. The topological polar surface area (TPSA) is 20.2 Å². The fraction of sp³-hybridized carbons (Fsp3) is 0.400. The molecule has 0 heterocycles. The summed E-state index contributed by atoms with van der Waals surface area (Å²) in [6.45, 7) is 23.3. The second-order valence-electron chi connectivity index (χ2n) is 12.3. The number of allylic oxidation sites excluding steroid dienone is 22. The van der Waals surface area contributed by atoms with Gasteiger partial charge in [0.2, 0.25) is 0 Å². The number of aliphatic hydroxyl groups excluding tert-OH is 1. The van der Waals surface area contributed by atoms with Crippen LogP contribution in [-0.4, -0.2) is 11.2 Å². The lowest BCUT2D eigenvalue weighted by molar-refractivity contribution is 0.201. The molecule has 0 aromatic heterocycles. The first-order valence-electron chi connectivity index (χ1n) is 15.1. The summed E-state index contributed by atoms with van der Waals surface area (Å²) in [5, 5.41) is 9.86. The lowest BCUT2D eigenvalue weighted by Gasteiger charge is -2.32. The van der Waals surface area contributed by atoms with E-state index in [0.717, 1.165) is 18.4 Å². The van der Waals surface area contributed by atoms with Gasteiger partial charge in [-0.1, -0.05) is 151 Å². The van der Waals surface area contributed by atoms with Crippen molar-refractivity contribution in [3.8, 4) is 0 Å². The van der Waals surface area contributed by atoms with Crippen LogP contribution in [0.1, 0.15) is 94.4 Å². The van der Waals surface area contributed by atoms with Crippen molar-refractivity contribution in [2.24, 2.45) is 5.41 Å². The average Bonchev–Trinajstić information content (AvgIpc) is 2.89. The van der Waals surface area contributed by atoms with Gasteiger partial charge in [-0.15, -0.1) is 0 Å². The highest BCUT2D eigenvalue weighted by Gasteiger charge is 2.26. The van der Waals surface area contributed by atoms with Crippen LogP contribution in [0.15, 0.2) is 142 Å². The van der Waals surface area contributed by atoms with Crippen molar-refractivity contribution < 1.29 is 5.11 Å². The summed E-state index contributed by atoms with van der Waals surface area (Å²) in [4.78, 5) is 0. The Morgan fingerprint density at radius 1 is 0.756 bits per heavy atom. The van der Waals surface area contributed by atoms with Crippen LogP contribution in [0.2, 0.25) is 0 Å². The number of hydrogen-bond acceptors (Lipinski definition) is 1. The third-order valence-corrected chi connectivity index (χ3v) is 7.44. The van der Waals surface area contributed by atoms with E-state index in [1.807, 2.05) is 6.92 Å². The first-order chi connectivity index (χ1) is 19.3. The van der Waals surface area contributed by atoms with E-state index < -0.39 is 6.10 Å². The van der Waals surface area contributed by atoms with E-state index in [2.05, 4.69) is 153 Å². The van der Waals surface area contributed by atoms with Crippen molar-refractivity contribution in [1.29, 1.82) is 0 Å². The molecule has 1 unspecified atom stereocenters. The molecule has 0 bridgehead atoms. The summed E-state index contributed by atoms with van der Waals surface area (Å²) >= 11 is 0. The van der Waals surface area contributed by atoms with Gasteiger partial charge in [0.25, 0.3) is 0 Å². The molecule has 0 aromatic carbocycles. The molecule has 0 saturated heterocycles. The highest BCUT2D eigenvalue weighted by Crippen LogP contribution is 2.40. The fourth-order valence-corrected chi connectivity index (χ4v) is 4.62. The Hall–Kier alpha value is -3.16. The smallest absolute Gasteiger partial charge is 0.0747 e. The van der Waals surface area contributed by atoms with Gasteiger partial charge in [-0.25, -0.2) is 0 Å². The second-order valence-corrected chi connectivity index (χ2v) is 12.3. The summed E-state index contributed by atoms with van der Waals surface area (Å²) in [6.07, 6.45) is 37.0. The van der Waals surface area contributed by atoms with Crippen molar-refractivity contribution in [3.63, 3.8) is 0 Å². The predicted octanol–water partition coefficient (Wildman–Crippen LogP) is 11.7. The van der Waals surface area contributed by atoms with Crippen LogP contribution in [0.25, 0.3) is 0 Å². The standard InChI is InChI=1S/C40H56O/c1-31(2)39(41)29-27-36(7)24-15-22-34(5)21-13-19-32(3)17-11-12-18-33(4)20-14-23-35(6)26-28-38-37(8)25-16-30-40(38,9)10/h11-15,17-24,26,28,39,41H,1,16,25,27,29-30H2,2-10H3. The number of hydrogen-bond donors (Lipinski definition) is 1. The van der Waals surface area contributed by atoms with Gasteiger partial charge in [0.1, 0.15) is 0 Å². The molecule has 0 spiro atoms. The predicted molar refractivity (Wildman–Crippen MR) is 185 cm³/mol. The van der Waals surface area contributed by atoms with Crippen LogP contribution in [-0.2, 0) is 0 Å². The van der Waals surface area contributed by atoms with E-state index in [0.29, 0.717) is 0 Å². The lowest BCUT2D eigenvalue weighted by atomic mass is 9.72. The SMILES string of the molecule is C=C(C)C(O)CCC(C)=CC=CC(C)=CC=CC(C)=CC=CC=C(C)C=CC=C(C)C=CC1=C(C)CCCC1(C)C. The van der Waals surface area contributed by atoms with Crippen molar-refractivity contribution in [1.82, 2.24) is 0 Å². The van der Waals surface area contributed by atoms with Gasteiger partial charge >= 0.3 is 0 Å². The van der Waals surface area contributed by atoms with E-state index in [4.69, 9.17) is 0 Å².